The monoisotopic (exact) mass is 359 g/mol. The fourth-order valence-electron chi connectivity index (χ4n) is 2.91. The van der Waals surface area contributed by atoms with Crippen LogP contribution in [0.4, 0.5) is 11.8 Å². The number of fused-ring (bicyclic) bond motifs is 1. The summed E-state index contributed by atoms with van der Waals surface area (Å²) in [5, 5.41) is 3.49. The number of Topliss-reactive ketones (excluding diaryl/α,β-unsaturated/α-hetero) is 1. The van der Waals surface area contributed by atoms with Gasteiger partial charge < -0.3 is 20.6 Å². The molecule has 0 aliphatic heterocycles. The number of nitrogen functional groups attached to an aromatic ring is 1. The normalized spacial score (nSPS) is 13.4. The molecule has 2 aromatic heterocycles. The predicted molar refractivity (Wildman–Crippen MR) is 104 cm³/mol. The first kappa shape index (κ1) is 19.9. The summed E-state index contributed by atoms with van der Waals surface area (Å²) in [5.41, 5.74) is 6.92. The molecule has 0 saturated heterocycles. The van der Waals surface area contributed by atoms with Crippen LogP contribution >= 0.6 is 0 Å². The van der Waals surface area contributed by atoms with Crippen molar-refractivity contribution in [2.24, 2.45) is 0 Å². The summed E-state index contributed by atoms with van der Waals surface area (Å²) < 4.78 is 5.49. The van der Waals surface area contributed by atoms with E-state index in [1.54, 1.807) is 13.1 Å². The Hall–Kier alpha value is -2.44. The third-order valence-electron chi connectivity index (χ3n) is 4.37. The van der Waals surface area contributed by atoms with Crippen LogP contribution in [0.1, 0.15) is 59.8 Å². The highest BCUT2D eigenvalue weighted by Crippen LogP contribution is 2.29. The van der Waals surface area contributed by atoms with Crippen LogP contribution < -0.4 is 15.8 Å². The first-order chi connectivity index (χ1) is 12.4. The fourth-order valence-corrected chi connectivity index (χ4v) is 2.91. The van der Waals surface area contributed by atoms with E-state index in [-0.39, 0.29) is 17.3 Å². The molecular weight excluding hydrogens is 330 g/mol. The summed E-state index contributed by atoms with van der Waals surface area (Å²) in [6, 6.07) is 1.81. The maximum atomic E-state index is 11.5. The van der Waals surface area contributed by atoms with E-state index in [0.29, 0.717) is 35.6 Å². The van der Waals surface area contributed by atoms with E-state index in [1.165, 1.54) is 0 Å². The summed E-state index contributed by atoms with van der Waals surface area (Å²) in [4.78, 5) is 24.6. The largest absolute Gasteiger partial charge is 0.492 e. The lowest BCUT2D eigenvalue weighted by atomic mass is 9.89. The number of nitrogens with one attached hydrogen (secondary N) is 1. The number of carbonyl (C=O) groups is 1. The van der Waals surface area contributed by atoms with Crippen LogP contribution in [-0.4, -0.2) is 32.9 Å². The zero-order valence-corrected chi connectivity index (χ0v) is 16.1. The van der Waals surface area contributed by atoms with E-state index in [4.69, 9.17) is 10.5 Å². The van der Waals surface area contributed by atoms with E-state index < -0.39 is 0 Å². The number of anilines is 2. The van der Waals surface area contributed by atoms with Gasteiger partial charge in [0.25, 0.3) is 0 Å². The molecular formula is C19H29N5O2. The van der Waals surface area contributed by atoms with Crippen molar-refractivity contribution >= 4 is 28.6 Å². The SMILES string of the molecule is CCCC[C@](C)(CCC(C)=O)Nc1nc(N)nc2cc(OCC)cnc12. The fraction of sp³-hybridized carbons (Fsp3) is 0.579. The van der Waals surface area contributed by atoms with E-state index in [2.05, 4.69) is 34.1 Å². The molecule has 0 unspecified atom stereocenters. The molecule has 0 fully saturated rings. The molecule has 0 saturated carbocycles. The summed E-state index contributed by atoms with van der Waals surface area (Å²) in [6.45, 7) is 8.36. The molecule has 7 heteroatoms. The van der Waals surface area contributed by atoms with Crippen LogP contribution in [0.2, 0.25) is 0 Å². The number of ether oxygens (including phenoxy) is 1. The third-order valence-corrected chi connectivity index (χ3v) is 4.37. The van der Waals surface area contributed by atoms with Gasteiger partial charge in [0.05, 0.1) is 12.8 Å². The number of rotatable bonds is 10. The minimum atomic E-state index is -0.268. The Balaban J connectivity index is 2.37. The molecule has 0 spiro atoms. The second-order valence-electron chi connectivity index (χ2n) is 6.89. The second-order valence-corrected chi connectivity index (χ2v) is 6.89. The average molecular weight is 359 g/mol. The molecule has 2 rings (SSSR count). The van der Waals surface area contributed by atoms with Crippen molar-refractivity contribution in [3.8, 4) is 5.75 Å². The number of unbranched alkanes of at least 4 members (excludes halogenated alkanes) is 1. The maximum absolute atomic E-state index is 11.5. The lowest BCUT2D eigenvalue weighted by molar-refractivity contribution is -0.117. The standard InChI is InChI=1S/C19H29N5O2/c1-5-7-9-19(4,10-8-13(3)25)24-17-16-15(22-18(20)23-17)11-14(12-21-16)26-6-2/h11-12H,5-10H2,1-4H3,(H3,20,22,23,24)/t19-/m1/s1. The smallest absolute Gasteiger partial charge is 0.222 e. The van der Waals surface area contributed by atoms with Gasteiger partial charge in [0.2, 0.25) is 5.95 Å². The Labute approximate surface area is 154 Å². The van der Waals surface area contributed by atoms with E-state index in [9.17, 15) is 4.79 Å². The molecule has 142 valence electrons. The summed E-state index contributed by atoms with van der Waals surface area (Å²) in [6.07, 6.45) is 5.98. The van der Waals surface area contributed by atoms with Gasteiger partial charge in [0, 0.05) is 18.0 Å². The number of nitrogens with zero attached hydrogens (tertiary/aromatic N) is 3. The highest BCUT2D eigenvalue weighted by atomic mass is 16.5. The molecule has 0 bridgehead atoms. The molecule has 2 aromatic rings. The molecule has 0 aliphatic carbocycles. The lowest BCUT2D eigenvalue weighted by Gasteiger charge is -2.31. The number of carbonyl (C=O) groups excluding carboxylic acids is 1. The number of pyridine rings is 1. The molecule has 3 N–H and O–H groups in total. The molecule has 0 radical (unpaired) electrons. The minimum Gasteiger partial charge on any atom is -0.492 e. The van der Waals surface area contributed by atoms with E-state index in [1.807, 2.05) is 13.0 Å². The summed E-state index contributed by atoms with van der Waals surface area (Å²) in [5.74, 6) is 1.60. The van der Waals surface area contributed by atoms with Gasteiger partial charge in [-0.3, -0.25) is 0 Å². The van der Waals surface area contributed by atoms with E-state index in [0.717, 1.165) is 25.7 Å². The quantitative estimate of drug-likeness (QED) is 0.666. The van der Waals surface area contributed by atoms with Crippen LogP contribution in [0, 0.1) is 0 Å². The van der Waals surface area contributed by atoms with Crippen LogP contribution in [-0.2, 0) is 4.79 Å². The van der Waals surface area contributed by atoms with Crippen molar-refractivity contribution in [1.29, 1.82) is 0 Å². The molecule has 7 nitrogen and oxygen atoms in total. The molecule has 2 heterocycles. The maximum Gasteiger partial charge on any atom is 0.222 e. The Bertz CT molecular complexity index is 765. The molecule has 1 atom stereocenters. The Morgan fingerprint density at radius 2 is 2.08 bits per heavy atom. The number of ketones is 1. The van der Waals surface area contributed by atoms with Gasteiger partial charge >= 0.3 is 0 Å². The van der Waals surface area contributed by atoms with Crippen molar-refractivity contribution < 1.29 is 9.53 Å². The number of hydrogen-bond acceptors (Lipinski definition) is 7. The van der Waals surface area contributed by atoms with E-state index >= 15 is 0 Å². The van der Waals surface area contributed by atoms with Crippen molar-refractivity contribution in [2.75, 3.05) is 17.7 Å². The molecule has 0 aliphatic rings. The lowest BCUT2D eigenvalue weighted by Crippen LogP contribution is -2.36. The van der Waals surface area contributed by atoms with Crippen molar-refractivity contribution in [3.05, 3.63) is 12.3 Å². The van der Waals surface area contributed by atoms with Crippen LogP contribution in [0.15, 0.2) is 12.3 Å². The van der Waals surface area contributed by atoms with Gasteiger partial charge in [-0.1, -0.05) is 19.8 Å². The van der Waals surface area contributed by atoms with Crippen LogP contribution in [0.5, 0.6) is 5.75 Å². The predicted octanol–water partition coefficient (Wildman–Crippen LogP) is 3.74. The van der Waals surface area contributed by atoms with Crippen LogP contribution in [0.25, 0.3) is 11.0 Å². The minimum absolute atomic E-state index is 0.180. The summed E-state index contributed by atoms with van der Waals surface area (Å²) >= 11 is 0. The summed E-state index contributed by atoms with van der Waals surface area (Å²) in [7, 11) is 0. The third kappa shape index (κ3) is 5.28. The van der Waals surface area contributed by atoms with Gasteiger partial charge in [0.1, 0.15) is 22.6 Å². The highest BCUT2D eigenvalue weighted by molar-refractivity contribution is 5.87. The van der Waals surface area contributed by atoms with Crippen LogP contribution in [0.3, 0.4) is 0 Å². The topological polar surface area (TPSA) is 103 Å². The van der Waals surface area contributed by atoms with Gasteiger partial charge in [-0.15, -0.1) is 0 Å². The number of hydrogen-bond donors (Lipinski definition) is 2. The first-order valence-corrected chi connectivity index (χ1v) is 9.20. The number of nitrogens with two attached hydrogens (primary N) is 1. The van der Waals surface area contributed by atoms with Gasteiger partial charge in [0.15, 0.2) is 5.82 Å². The van der Waals surface area contributed by atoms with Crippen molar-refractivity contribution in [3.63, 3.8) is 0 Å². The first-order valence-electron chi connectivity index (χ1n) is 9.20. The zero-order chi connectivity index (χ0) is 19.2. The molecule has 0 amide bonds. The van der Waals surface area contributed by atoms with Gasteiger partial charge in [-0.25, -0.2) is 9.97 Å². The molecule has 26 heavy (non-hydrogen) atoms. The van der Waals surface area contributed by atoms with Crippen molar-refractivity contribution in [2.45, 2.75) is 65.3 Å². The number of aromatic nitrogens is 3. The van der Waals surface area contributed by atoms with Crippen molar-refractivity contribution in [1.82, 2.24) is 15.0 Å². The second kappa shape index (κ2) is 8.78. The molecule has 0 aromatic carbocycles. The Kier molecular flexibility index (Phi) is 6.71. The average Bonchev–Trinajstić information content (AvgIpc) is 2.58. The van der Waals surface area contributed by atoms with Gasteiger partial charge in [-0.2, -0.15) is 4.98 Å². The van der Waals surface area contributed by atoms with Gasteiger partial charge in [-0.05, 0) is 33.6 Å². The highest BCUT2D eigenvalue weighted by Gasteiger charge is 2.26. The Morgan fingerprint density at radius 1 is 1.31 bits per heavy atom. The zero-order valence-electron chi connectivity index (χ0n) is 16.1. The Morgan fingerprint density at radius 3 is 2.73 bits per heavy atom.